The molecule has 1 aliphatic heterocycles. The molecule has 1 fully saturated rings. The zero-order valence-electron chi connectivity index (χ0n) is 10.2. The number of amides is 1. The van der Waals surface area contributed by atoms with Gasteiger partial charge in [0, 0.05) is 32.0 Å². The molecule has 1 atom stereocenters. The van der Waals surface area contributed by atoms with Crippen molar-refractivity contribution in [2.24, 2.45) is 5.92 Å². The molecule has 0 spiro atoms. The minimum atomic E-state index is 0.0461. The van der Waals surface area contributed by atoms with Crippen LogP contribution >= 0.6 is 0 Å². The lowest BCUT2D eigenvalue weighted by Crippen LogP contribution is -2.44. The van der Waals surface area contributed by atoms with Gasteiger partial charge in [0.15, 0.2) is 0 Å². The number of carbonyl (C=O) groups is 2. The van der Waals surface area contributed by atoms with Crippen molar-refractivity contribution >= 4 is 11.7 Å². The molecule has 1 amide bonds. The van der Waals surface area contributed by atoms with Crippen molar-refractivity contribution in [2.45, 2.75) is 33.1 Å². The Hall–Kier alpha value is -0.900. The van der Waals surface area contributed by atoms with Crippen LogP contribution < -0.4 is 0 Å². The largest absolute Gasteiger partial charge is 0.381 e. The molecule has 1 saturated heterocycles. The monoisotopic (exact) mass is 227 g/mol. The van der Waals surface area contributed by atoms with Crippen LogP contribution in [-0.2, 0) is 14.3 Å². The number of Topliss-reactive ketones (excluding diaryl/α,β-unsaturated/α-hetero) is 1. The summed E-state index contributed by atoms with van der Waals surface area (Å²) < 4.78 is 5.15. The lowest BCUT2D eigenvalue weighted by atomic mass is 9.94. The molecular formula is C12H21NO3. The summed E-state index contributed by atoms with van der Waals surface area (Å²) in [6.45, 7) is 6.22. The van der Waals surface area contributed by atoms with Crippen LogP contribution in [0.4, 0.5) is 0 Å². The van der Waals surface area contributed by atoms with Crippen molar-refractivity contribution < 1.29 is 14.3 Å². The summed E-state index contributed by atoms with van der Waals surface area (Å²) in [6.07, 6.45) is 1.77. The molecule has 16 heavy (non-hydrogen) atoms. The summed E-state index contributed by atoms with van der Waals surface area (Å²) >= 11 is 0. The van der Waals surface area contributed by atoms with Crippen LogP contribution in [0.5, 0.6) is 0 Å². The number of piperidine rings is 1. The normalized spacial score (nSPS) is 21.2. The summed E-state index contributed by atoms with van der Waals surface area (Å²) in [5.41, 5.74) is 0. The van der Waals surface area contributed by atoms with Gasteiger partial charge in [-0.3, -0.25) is 9.59 Å². The van der Waals surface area contributed by atoms with Crippen LogP contribution in [0.15, 0.2) is 0 Å². The molecule has 1 rings (SSSR count). The molecule has 0 bridgehead atoms. The van der Waals surface area contributed by atoms with E-state index in [9.17, 15) is 9.59 Å². The maximum atomic E-state index is 11.8. The fourth-order valence-corrected chi connectivity index (χ4v) is 1.95. The van der Waals surface area contributed by atoms with Gasteiger partial charge in [-0.05, 0) is 13.3 Å². The number of likely N-dealkylation sites (tertiary alicyclic amines) is 1. The first-order chi connectivity index (χ1) is 7.69. The second-order valence-corrected chi connectivity index (χ2v) is 4.11. The molecule has 0 aromatic heterocycles. The number of ether oxygens (including phenoxy) is 1. The molecule has 0 saturated carbocycles. The highest BCUT2D eigenvalue weighted by atomic mass is 16.5. The Morgan fingerprint density at radius 2 is 2.25 bits per heavy atom. The van der Waals surface area contributed by atoms with E-state index in [1.165, 1.54) is 0 Å². The maximum absolute atomic E-state index is 11.8. The van der Waals surface area contributed by atoms with E-state index >= 15 is 0 Å². The second-order valence-electron chi connectivity index (χ2n) is 4.11. The second kappa shape index (κ2) is 6.63. The Labute approximate surface area is 96.9 Å². The minimum Gasteiger partial charge on any atom is -0.381 e. The molecule has 92 valence electrons. The standard InChI is InChI=1S/C12H21NO3/c1-3-10-9-13(7-5-11(10)14)12(15)6-8-16-4-2/h10H,3-9H2,1-2H3. The fraction of sp³-hybridized carbons (Fsp3) is 0.833. The number of ketones is 1. The summed E-state index contributed by atoms with van der Waals surface area (Å²) in [7, 11) is 0. The third kappa shape index (κ3) is 3.59. The van der Waals surface area contributed by atoms with E-state index in [-0.39, 0.29) is 11.8 Å². The molecule has 1 heterocycles. The van der Waals surface area contributed by atoms with Crippen molar-refractivity contribution in [1.29, 1.82) is 0 Å². The fourth-order valence-electron chi connectivity index (χ4n) is 1.95. The highest BCUT2D eigenvalue weighted by Crippen LogP contribution is 2.16. The Morgan fingerprint density at radius 3 is 2.88 bits per heavy atom. The first-order valence-electron chi connectivity index (χ1n) is 6.07. The molecule has 1 unspecified atom stereocenters. The van der Waals surface area contributed by atoms with Gasteiger partial charge in [-0.1, -0.05) is 6.92 Å². The van der Waals surface area contributed by atoms with E-state index in [2.05, 4.69) is 0 Å². The van der Waals surface area contributed by atoms with E-state index in [4.69, 9.17) is 4.74 Å². The molecule has 4 heteroatoms. The number of nitrogens with zero attached hydrogens (tertiary/aromatic N) is 1. The quantitative estimate of drug-likeness (QED) is 0.664. The maximum Gasteiger partial charge on any atom is 0.224 e. The average Bonchev–Trinajstić information content (AvgIpc) is 2.30. The third-order valence-electron chi connectivity index (χ3n) is 3.03. The van der Waals surface area contributed by atoms with Crippen LogP contribution in [0.2, 0.25) is 0 Å². The lowest BCUT2D eigenvalue weighted by Gasteiger charge is -2.31. The van der Waals surface area contributed by atoms with Gasteiger partial charge in [0.2, 0.25) is 5.91 Å². The molecular weight excluding hydrogens is 206 g/mol. The minimum absolute atomic E-state index is 0.0461. The van der Waals surface area contributed by atoms with Gasteiger partial charge in [-0.15, -0.1) is 0 Å². The first kappa shape index (κ1) is 13.2. The van der Waals surface area contributed by atoms with Crippen LogP contribution in [-0.4, -0.2) is 42.9 Å². The van der Waals surface area contributed by atoms with Crippen LogP contribution in [0.1, 0.15) is 33.1 Å². The van der Waals surface area contributed by atoms with Crippen LogP contribution in [0.25, 0.3) is 0 Å². The van der Waals surface area contributed by atoms with E-state index < -0.39 is 0 Å². The van der Waals surface area contributed by atoms with Crippen LogP contribution in [0.3, 0.4) is 0 Å². The van der Waals surface area contributed by atoms with E-state index in [0.717, 1.165) is 6.42 Å². The van der Waals surface area contributed by atoms with E-state index in [1.807, 2.05) is 13.8 Å². The predicted octanol–water partition coefficient (Wildman–Crippen LogP) is 1.24. The zero-order chi connectivity index (χ0) is 12.0. The summed E-state index contributed by atoms with van der Waals surface area (Å²) in [5.74, 6) is 0.459. The van der Waals surface area contributed by atoms with Crippen molar-refractivity contribution in [3.63, 3.8) is 0 Å². The SMILES string of the molecule is CCOCCC(=O)N1CCC(=O)C(CC)C1. The Bertz CT molecular complexity index is 253. The van der Waals surface area contributed by atoms with Crippen molar-refractivity contribution in [3.05, 3.63) is 0 Å². The van der Waals surface area contributed by atoms with Gasteiger partial charge in [0.1, 0.15) is 5.78 Å². The van der Waals surface area contributed by atoms with Gasteiger partial charge in [0.25, 0.3) is 0 Å². The summed E-state index contributed by atoms with van der Waals surface area (Å²) in [4.78, 5) is 25.1. The molecule has 0 aromatic rings. The highest BCUT2D eigenvalue weighted by Gasteiger charge is 2.27. The smallest absolute Gasteiger partial charge is 0.224 e. The molecule has 0 aliphatic carbocycles. The average molecular weight is 227 g/mol. The van der Waals surface area contributed by atoms with Gasteiger partial charge in [-0.25, -0.2) is 0 Å². The summed E-state index contributed by atoms with van der Waals surface area (Å²) in [6, 6.07) is 0. The predicted molar refractivity (Wildman–Crippen MR) is 61.1 cm³/mol. The molecule has 1 aliphatic rings. The Balaban J connectivity index is 2.36. The Kier molecular flexibility index (Phi) is 5.46. The molecule has 0 radical (unpaired) electrons. The number of rotatable bonds is 5. The number of hydrogen-bond donors (Lipinski definition) is 0. The van der Waals surface area contributed by atoms with Crippen molar-refractivity contribution in [2.75, 3.05) is 26.3 Å². The van der Waals surface area contributed by atoms with Gasteiger partial charge in [-0.2, -0.15) is 0 Å². The highest BCUT2D eigenvalue weighted by molar-refractivity contribution is 5.85. The molecule has 0 N–H and O–H groups in total. The van der Waals surface area contributed by atoms with Gasteiger partial charge >= 0.3 is 0 Å². The number of hydrogen-bond acceptors (Lipinski definition) is 3. The van der Waals surface area contributed by atoms with E-state index in [0.29, 0.717) is 44.9 Å². The number of carbonyl (C=O) groups excluding carboxylic acids is 2. The zero-order valence-corrected chi connectivity index (χ0v) is 10.2. The Morgan fingerprint density at radius 1 is 1.50 bits per heavy atom. The van der Waals surface area contributed by atoms with Gasteiger partial charge < -0.3 is 9.64 Å². The van der Waals surface area contributed by atoms with E-state index in [1.54, 1.807) is 4.90 Å². The van der Waals surface area contributed by atoms with Crippen molar-refractivity contribution in [3.8, 4) is 0 Å². The third-order valence-corrected chi connectivity index (χ3v) is 3.03. The van der Waals surface area contributed by atoms with Crippen LogP contribution in [0, 0.1) is 5.92 Å². The molecule has 4 nitrogen and oxygen atoms in total. The lowest BCUT2D eigenvalue weighted by molar-refractivity contribution is -0.138. The molecule has 0 aromatic carbocycles. The van der Waals surface area contributed by atoms with Crippen molar-refractivity contribution in [1.82, 2.24) is 4.90 Å². The van der Waals surface area contributed by atoms with Gasteiger partial charge in [0.05, 0.1) is 13.0 Å². The summed E-state index contributed by atoms with van der Waals surface area (Å²) in [5, 5.41) is 0. The first-order valence-corrected chi connectivity index (χ1v) is 6.07. The topological polar surface area (TPSA) is 46.6 Å².